The standard InChI is InChI=1S/C23H22FN3O4S/c24-18-10-12-19(13-11-18)32(30,31)26-15-14-22(28)27-21-9-5-4-8-20(21)23(29)25-16-17-6-2-1-3-7-17/h1-13,26H,14-16H2,(H,25,29)(H,27,28). The highest BCUT2D eigenvalue weighted by molar-refractivity contribution is 7.89. The fraction of sp³-hybridized carbons (Fsp3) is 0.130. The monoisotopic (exact) mass is 455 g/mol. The lowest BCUT2D eigenvalue weighted by Gasteiger charge is -2.12. The molecule has 3 rings (SSSR count). The van der Waals surface area contributed by atoms with Crippen molar-refractivity contribution in [1.29, 1.82) is 0 Å². The lowest BCUT2D eigenvalue weighted by molar-refractivity contribution is -0.116. The molecule has 0 aliphatic rings. The van der Waals surface area contributed by atoms with Gasteiger partial charge in [-0.2, -0.15) is 0 Å². The third-order valence-electron chi connectivity index (χ3n) is 4.51. The Hall–Kier alpha value is -3.56. The number of para-hydroxylation sites is 1. The van der Waals surface area contributed by atoms with E-state index in [-0.39, 0.29) is 23.8 Å². The Morgan fingerprint density at radius 1 is 0.844 bits per heavy atom. The normalized spacial score (nSPS) is 11.0. The predicted molar refractivity (Wildman–Crippen MR) is 119 cm³/mol. The van der Waals surface area contributed by atoms with Crippen LogP contribution in [0.2, 0.25) is 0 Å². The zero-order valence-electron chi connectivity index (χ0n) is 17.0. The summed E-state index contributed by atoms with van der Waals surface area (Å²) in [4.78, 5) is 24.8. The highest BCUT2D eigenvalue weighted by atomic mass is 32.2. The van der Waals surface area contributed by atoms with Gasteiger partial charge in [-0.05, 0) is 42.0 Å². The van der Waals surface area contributed by atoms with Gasteiger partial charge in [0.2, 0.25) is 15.9 Å². The van der Waals surface area contributed by atoms with Crippen LogP contribution >= 0.6 is 0 Å². The van der Waals surface area contributed by atoms with Crippen molar-refractivity contribution in [1.82, 2.24) is 10.0 Å². The Labute approximate surface area is 185 Å². The zero-order chi connectivity index (χ0) is 23.0. The van der Waals surface area contributed by atoms with Gasteiger partial charge in [-0.15, -0.1) is 0 Å². The second kappa shape index (κ2) is 10.7. The number of carbonyl (C=O) groups is 2. The molecule has 0 atom stereocenters. The molecule has 0 spiro atoms. The number of benzene rings is 3. The minimum absolute atomic E-state index is 0.0975. The van der Waals surface area contributed by atoms with E-state index in [1.54, 1.807) is 24.3 Å². The van der Waals surface area contributed by atoms with E-state index in [0.29, 0.717) is 17.8 Å². The van der Waals surface area contributed by atoms with Gasteiger partial charge in [0.25, 0.3) is 5.91 Å². The highest BCUT2D eigenvalue weighted by Gasteiger charge is 2.16. The van der Waals surface area contributed by atoms with Gasteiger partial charge in [0.05, 0.1) is 16.1 Å². The smallest absolute Gasteiger partial charge is 0.253 e. The Balaban J connectivity index is 1.55. The van der Waals surface area contributed by atoms with Crippen LogP contribution in [0.15, 0.2) is 83.8 Å². The van der Waals surface area contributed by atoms with Crippen LogP contribution in [-0.2, 0) is 21.4 Å². The second-order valence-corrected chi connectivity index (χ2v) is 8.63. The molecule has 9 heteroatoms. The van der Waals surface area contributed by atoms with Gasteiger partial charge in [0.15, 0.2) is 0 Å². The van der Waals surface area contributed by atoms with E-state index in [1.165, 1.54) is 0 Å². The minimum Gasteiger partial charge on any atom is -0.348 e. The van der Waals surface area contributed by atoms with Gasteiger partial charge in [-0.1, -0.05) is 42.5 Å². The molecule has 0 unspecified atom stereocenters. The molecule has 3 N–H and O–H groups in total. The van der Waals surface area contributed by atoms with Gasteiger partial charge in [-0.25, -0.2) is 17.5 Å². The molecular formula is C23H22FN3O4S. The van der Waals surface area contributed by atoms with Crippen LogP contribution in [0.4, 0.5) is 10.1 Å². The van der Waals surface area contributed by atoms with Crippen molar-refractivity contribution in [3.05, 3.63) is 95.8 Å². The van der Waals surface area contributed by atoms with Crippen LogP contribution in [0.25, 0.3) is 0 Å². The summed E-state index contributed by atoms with van der Waals surface area (Å²) in [5.41, 5.74) is 1.56. The van der Waals surface area contributed by atoms with Crippen molar-refractivity contribution in [3.63, 3.8) is 0 Å². The van der Waals surface area contributed by atoms with Crippen molar-refractivity contribution >= 4 is 27.5 Å². The number of anilines is 1. The van der Waals surface area contributed by atoms with E-state index in [9.17, 15) is 22.4 Å². The first kappa shape index (κ1) is 23.1. The van der Waals surface area contributed by atoms with Crippen LogP contribution in [-0.4, -0.2) is 26.8 Å². The molecule has 32 heavy (non-hydrogen) atoms. The van der Waals surface area contributed by atoms with E-state index >= 15 is 0 Å². The Bertz CT molecular complexity index is 1180. The maximum atomic E-state index is 13.0. The molecule has 3 aromatic rings. The Morgan fingerprint density at radius 3 is 2.22 bits per heavy atom. The second-order valence-electron chi connectivity index (χ2n) is 6.86. The van der Waals surface area contributed by atoms with Gasteiger partial charge in [0.1, 0.15) is 5.82 Å². The molecule has 0 radical (unpaired) electrons. The molecule has 0 saturated carbocycles. The van der Waals surface area contributed by atoms with Crippen LogP contribution in [0.1, 0.15) is 22.3 Å². The number of carbonyl (C=O) groups excluding carboxylic acids is 2. The summed E-state index contributed by atoms with van der Waals surface area (Å²) in [6.45, 7) is 0.182. The number of hydrogen-bond acceptors (Lipinski definition) is 4. The van der Waals surface area contributed by atoms with Gasteiger partial charge >= 0.3 is 0 Å². The third-order valence-corrected chi connectivity index (χ3v) is 5.99. The zero-order valence-corrected chi connectivity index (χ0v) is 17.9. The van der Waals surface area contributed by atoms with Crippen molar-refractivity contribution in [3.8, 4) is 0 Å². The van der Waals surface area contributed by atoms with Crippen LogP contribution < -0.4 is 15.4 Å². The molecule has 0 aromatic heterocycles. The summed E-state index contributed by atoms with van der Waals surface area (Å²) in [6.07, 6.45) is -0.152. The molecule has 166 valence electrons. The van der Waals surface area contributed by atoms with Crippen molar-refractivity contribution in [2.45, 2.75) is 17.9 Å². The number of sulfonamides is 1. The fourth-order valence-corrected chi connectivity index (χ4v) is 3.90. The van der Waals surface area contributed by atoms with E-state index < -0.39 is 21.7 Å². The lowest BCUT2D eigenvalue weighted by atomic mass is 10.1. The maximum absolute atomic E-state index is 13.0. The summed E-state index contributed by atoms with van der Waals surface area (Å²) in [7, 11) is -3.86. The van der Waals surface area contributed by atoms with Crippen LogP contribution in [0.3, 0.4) is 0 Å². The lowest BCUT2D eigenvalue weighted by Crippen LogP contribution is -2.28. The first-order chi connectivity index (χ1) is 15.3. The molecule has 0 aliphatic heterocycles. The van der Waals surface area contributed by atoms with E-state index in [4.69, 9.17) is 0 Å². The largest absolute Gasteiger partial charge is 0.348 e. The summed E-state index contributed by atoms with van der Waals surface area (Å²) >= 11 is 0. The summed E-state index contributed by atoms with van der Waals surface area (Å²) < 4.78 is 39.7. The van der Waals surface area contributed by atoms with Crippen molar-refractivity contribution in [2.24, 2.45) is 0 Å². The van der Waals surface area contributed by atoms with Gasteiger partial charge in [0, 0.05) is 19.5 Å². The number of nitrogens with one attached hydrogen (secondary N) is 3. The Kier molecular flexibility index (Phi) is 7.69. The van der Waals surface area contributed by atoms with Gasteiger partial charge in [-0.3, -0.25) is 9.59 Å². The maximum Gasteiger partial charge on any atom is 0.253 e. The summed E-state index contributed by atoms with van der Waals surface area (Å²) in [5, 5.41) is 5.44. The molecule has 0 aliphatic carbocycles. The van der Waals surface area contributed by atoms with Crippen molar-refractivity contribution < 1.29 is 22.4 Å². The van der Waals surface area contributed by atoms with Crippen LogP contribution in [0, 0.1) is 5.82 Å². The van der Waals surface area contributed by atoms with Gasteiger partial charge < -0.3 is 10.6 Å². The van der Waals surface area contributed by atoms with Crippen molar-refractivity contribution in [2.75, 3.05) is 11.9 Å². The molecule has 0 bridgehead atoms. The average Bonchev–Trinajstić information content (AvgIpc) is 2.78. The molecule has 3 aromatic carbocycles. The topological polar surface area (TPSA) is 104 Å². The van der Waals surface area contributed by atoms with Crippen LogP contribution in [0.5, 0.6) is 0 Å². The molecule has 0 fully saturated rings. The molecule has 0 saturated heterocycles. The molecule has 0 heterocycles. The first-order valence-corrected chi connectivity index (χ1v) is 11.3. The fourth-order valence-electron chi connectivity index (χ4n) is 2.87. The number of rotatable bonds is 9. The number of amides is 2. The summed E-state index contributed by atoms with van der Waals surface area (Å²) in [6, 6.07) is 20.3. The highest BCUT2D eigenvalue weighted by Crippen LogP contribution is 2.16. The van der Waals surface area contributed by atoms with E-state index in [1.807, 2.05) is 30.3 Å². The molecule has 7 nitrogen and oxygen atoms in total. The quantitative estimate of drug-likeness (QED) is 0.461. The first-order valence-electron chi connectivity index (χ1n) is 9.81. The number of hydrogen-bond donors (Lipinski definition) is 3. The molecular weight excluding hydrogens is 433 g/mol. The molecule has 2 amide bonds. The Morgan fingerprint density at radius 2 is 1.50 bits per heavy atom. The minimum atomic E-state index is -3.86. The number of halogens is 1. The van der Waals surface area contributed by atoms with E-state index in [0.717, 1.165) is 29.8 Å². The average molecular weight is 456 g/mol. The predicted octanol–water partition coefficient (Wildman–Crippen LogP) is 3.06. The summed E-state index contributed by atoms with van der Waals surface area (Å²) in [5.74, 6) is -1.35. The van der Waals surface area contributed by atoms with E-state index in [2.05, 4.69) is 15.4 Å². The SMILES string of the molecule is O=C(CCNS(=O)(=O)c1ccc(F)cc1)Nc1ccccc1C(=O)NCc1ccccc1. The third kappa shape index (κ3) is 6.47.